The zero-order valence-corrected chi connectivity index (χ0v) is 7.42. The number of benzene rings is 1. The Morgan fingerprint density at radius 2 is 2.07 bits per heavy atom. The Bertz CT molecular complexity index is 371. The number of ether oxygens (including phenoxy) is 1. The van der Waals surface area contributed by atoms with Gasteiger partial charge in [-0.2, -0.15) is 0 Å². The fourth-order valence-corrected chi connectivity index (χ4v) is 1.36. The van der Waals surface area contributed by atoms with Crippen LogP contribution in [0.2, 0.25) is 0 Å². The normalized spacial score (nSPS) is 24.3. The molecule has 2 atom stereocenters. The second-order valence-corrected chi connectivity index (χ2v) is 3.11. The van der Waals surface area contributed by atoms with Crippen molar-refractivity contribution in [2.75, 3.05) is 0 Å². The summed E-state index contributed by atoms with van der Waals surface area (Å²) >= 11 is 0. The lowest BCUT2D eigenvalue weighted by molar-refractivity contribution is -0.384. The largest absolute Gasteiger partial charge is 0.360 e. The summed E-state index contributed by atoms with van der Waals surface area (Å²) in [6, 6.07) is 6.40. The lowest BCUT2D eigenvalue weighted by Gasteiger charge is -1.94. The Kier molecular flexibility index (Phi) is 2.05. The van der Waals surface area contributed by atoms with E-state index in [1.54, 1.807) is 18.2 Å². The molecule has 0 radical (unpaired) electrons. The second-order valence-electron chi connectivity index (χ2n) is 3.11. The molecule has 2 unspecified atom stereocenters. The SMILES string of the molecule is C=CC1OC1c1ccc([N+](=O)[O-])cc1. The van der Waals surface area contributed by atoms with Gasteiger partial charge < -0.3 is 4.74 Å². The topological polar surface area (TPSA) is 55.7 Å². The van der Waals surface area contributed by atoms with Gasteiger partial charge in [-0.05, 0) is 17.7 Å². The second kappa shape index (κ2) is 3.23. The van der Waals surface area contributed by atoms with Gasteiger partial charge >= 0.3 is 0 Å². The van der Waals surface area contributed by atoms with E-state index in [1.807, 2.05) is 0 Å². The van der Waals surface area contributed by atoms with Crippen molar-refractivity contribution in [1.82, 2.24) is 0 Å². The van der Waals surface area contributed by atoms with Gasteiger partial charge in [0.05, 0.1) is 4.92 Å². The van der Waals surface area contributed by atoms with Crippen LogP contribution >= 0.6 is 0 Å². The molecule has 1 saturated heterocycles. The molecule has 72 valence electrons. The number of nitro groups is 1. The lowest BCUT2D eigenvalue weighted by atomic mass is 10.1. The van der Waals surface area contributed by atoms with Crippen molar-refractivity contribution in [1.29, 1.82) is 0 Å². The summed E-state index contributed by atoms with van der Waals surface area (Å²) in [4.78, 5) is 9.96. The van der Waals surface area contributed by atoms with Crippen LogP contribution in [-0.4, -0.2) is 11.0 Å². The summed E-state index contributed by atoms with van der Waals surface area (Å²) in [5.41, 5.74) is 1.06. The van der Waals surface area contributed by atoms with Gasteiger partial charge in [0, 0.05) is 12.1 Å². The van der Waals surface area contributed by atoms with Crippen molar-refractivity contribution < 1.29 is 9.66 Å². The highest BCUT2D eigenvalue weighted by atomic mass is 16.6. The smallest absolute Gasteiger partial charge is 0.269 e. The first-order chi connectivity index (χ1) is 6.72. The van der Waals surface area contributed by atoms with E-state index in [4.69, 9.17) is 4.74 Å². The molecule has 4 nitrogen and oxygen atoms in total. The summed E-state index contributed by atoms with van der Waals surface area (Å²) in [6.45, 7) is 3.61. The van der Waals surface area contributed by atoms with Crippen LogP contribution in [-0.2, 0) is 4.74 Å². The summed E-state index contributed by atoms with van der Waals surface area (Å²) in [7, 11) is 0. The maximum Gasteiger partial charge on any atom is 0.269 e. The number of non-ortho nitro benzene ring substituents is 1. The van der Waals surface area contributed by atoms with E-state index >= 15 is 0 Å². The number of hydrogen-bond donors (Lipinski definition) is 0. The molecule has 0 spiro atoms. The Labute approximate surface area is 81.0 Å². The van der Waals surface area contributed by atoms with E-state index in [2.05, 4.69) is 6.58 Å². The minimum Gasteiger partial charge on any atom is -0.360 e. The van der Waals surface area contributed by atoms with Crippen molar-refractivity contribution in [2.45, 2.75) is 12.2 Å². The molecular formula is C10H9NO3. The monoisotopic (exact) mass is 191 g/mol. The van der Waals surface area contributed by atoms with Gasteiger partial charge in [-0.3, -0.25) is 10.1 Å². The van der Waals surface area contributed by atoms with Crippen LogP contribution in [0, 0.1) is 10.1 Å². The number of nitrogens with zero attached hydrogens (tertiary/aromatic N) is 1. The Morgan fingerprint density at radius 3 is 2.50 bits per heavy atom. The minimum absolute atomic E-state index is 0.0355. The van der Waals surface area contributed by atoms with Gasteiger partial charge in [-0.15, -0.1) is 6.58 Å². The van der Waals surface area contributed by atoms with Crippen molar-refractivity contribution >= 4 is 5.69 Å². The number of nitro benzene ring substituents is 1. The van der Waals surface area contributed by atoms with Crippen LogP contribution in [0.3, 0.4) is 0 Å². The van der Waals surface area contributed by atoms with E-state index in [0.717, 1.165) is 5.56 Å². The predicted molar refractivity (Wildman–Crippen MR) is 50.9 cm³/mol. The van der Waals surface area contributed by atoms with E-state index in [9.17, 15) is 10.1 Å². The third-order valence-electron chi connectivity index (χ3n) is 2.19. The molecular weight excluding hydrogens is 182 g/mol. The average molecular weight is 191 g/mol. The van der Waals surface area contributed by atoms with Crippen LogP contribution < -0.4 is 0 Å². The summed E-state index contributed by atoms with van der Waals surface area (Å²) < 4.78 is 5.26. The van der Waals surface area contributed by atoms with Crippen LogP contribution in [0.1, 0.15) is 11.7 Å². The molecule has 1 aliphatic heterocycles. The Balaban J connectivity index is 2.15. The molecule has 1 aromatic carbocycles. The van der Waals surface area contributed by atoms with Gasteiger partial charge in [0.15, 0.2) is 0 Å². The van der Waals surface area contributed by atoms with E-state index in [0.29, 0.717) is 0 Å². The van der Waals surface area contributed by atoms with Crippen LogP contribution in [0.4, 0.5) is 5.69 Å². The molecule has 4 heteroatoms. The first-order valence-corrected chi connectivity index (χ1v) is 4.25. The summed E-state index contributed by atoms with van der Waals surface area (Å²) in [5, 5.41) is 10.4. The number of hydrogen-bond acceptors (Lipinski definition) is 3. The summed E-state index contributed by atoms with van der Waals surface area (Å²) in [6.07, 6.45) is 1.83. The molecule has 1 aliphatic rings. The number of rotatable bonds is 3. The first kappa shape index (κ1) is 8.90. The van der Waals surface area contributed by atoms with Gasteiger partial charge in [0.2, 0.25) is 0 Å². The zero-order chi connectivity index (χ0) is 10.1. The Hall–Kier alpha value is -1.68. The molecule has 0 saturated carbocycles. The van der Waals surface area contributed by atoms with Crippen LogP contribution in [0.25, 0.3) is 0 Å². The quantitative estimate of drug-likeness (QED) is 0.318. The Morgan fingerprint density at radius 1 is 1.43 bits per heavy atom. The van der Waals surface area contributed by atoms with Crippen LogP contribution in [0.15, 0.2) is 36.9 Å². The van der Waals surface area contributed by atoms with Crippen molar-refractivity contribution in [2.24, 2.45) is 0 Å². The van der Waals surface area contributed by atoms with Crippen molar-refractivity contribution in [3.8, 4) is 0 Å². The minimum atomic E-state index is -0.414. The molecule has 1 fully saturated rings. The molecule has 0 N–H and O–H groups in total. The molecule has 0 aromatic heterocycles. The van der Waals surface area contributed by atoms with E-state index in [-0.39, 0.29) is 17.9 Å². The van der Waals surface area contributed by atoms with Crippen LogP contribution in [0.5, 0.6) is 0 Å². The average Bonchev–Trinajstić information content (AvgIpc) is 2.97. The standard InChI is InChI=1S/C10H9NO3/c1-2-9-10(14-9)7-3-5-8(6-4-7)11(12)13/h2-6,9-10H,1H2. The van der Waals surface area contributed by atoms with E-state index in [1.165, 1.54) is 12.1 Å². The highest BCUT2D eigenvalue weighted by Crippen LogP contribution is 2.39. The molecule has 2 rings (SSSR count). The fourth-order valence-electron chi connectivity index (χ4n) is 1.36. The molecule has 14 heavy (non-hydrogen) atoms. The maximum absolute atomic E-state index is 10.4. The van der Waals surface area contributed by atoms with Gasteiger partial charge in [-0.25, -0.2) is 0 Å². The predicted octanol–water partition coefficient (Wildman–Crippen LogP) is 2.22. The highest BCUT2D eigenvalue weighted by molar-refractivity contribution is 5.35. The third-order valence-corrected chi connectivity index (χ3v) is 2.19. The zero-order valence-electron chi connectivity index (χ0n) is 7.42. The molecule has 0 bridgehead atoms. The molecule has 0 aliphatic carbocycles. The highest BCUT2D eigenvalue weighted by Gasteiger charge is 2.37. The van der Waals surface area contributed by atoms with Crippen molar-refractivity contribution in [3.63, 3.8) is 0 Å². The van der Waals surface area contributed by atoms with Gasteiger partial charge in [-0.1, -0.05) is 6.08 Å². The fraction of sp³-hybridized carbons (Fsp3) is 0.200. The lowest BCUT2D eigenvalue weighted by Crippen LogP contribution is -1.89. The van der Waals surface area contributed by atoms with Gasteiger partial charge in [0.1, 0.15) is 12.2 Å². The maximum atomic E-state index is 10.4. The first-order valence-electron chi connectivity index (χ1n) is 4.25. The van der Waals surface area contributed by atoms with Crippen molar-refractivity contribution in [3.05, 3.63) is 52.6 Å². The summed E-state index contributed by atoms with van der Waals surface area (Å²) in [5.74, 6) is 0. The van der Waals surface area contributed by atoms with E-state index < -0.39 is 4.92 Å². The number of epoxide rings is 1. The molecule has 1 heterocycles. The molecule has 0 amide bonds. The third kappa shape index (κ3) is 1.52. The molecule has 1 aromatic rings. The van der Waals surface area contributed by atoms with Gasteiger partial charge in [0.25, 0.3) is 5.69 Å².